The van der Waals surface area contributed by atoms with Crippen molar-refractivity contribution in [2.75, 3.05) is 0 Å². The second kappa shape index (κ2) is 4.63. The van der Waals surface area contributed by atoms with Crippen molar-refractivity contribution in [3.63, 3.8) is 0 Å². The van der Waals surface area contributed by atoms with Crippen LogP contribution in [-0.4, -0.2) is 9.97 Å². The molecular formula is C14H9ClN2O. The highest BCUT2D eigenvalue weighted by atomic mass is 35.5. The molecule has 1 heterocycles. The SMILES string of the molecule is Clc1ccc2ncc(Oc3ccccc3)nc2c1. The van der Waals surface area contributed by atoms with Crippen LogP contribution in [0.1, 0.15) is 0 Å². The van der Waals surface area contributed by atoms with Crippen LogP contribution in [-0.2, 0) is 0 Å². The number of rotatable bonds is 2. The molecule has 3 nitrogen and oxygen atoms in total. The minimum absolute atomic E-state index is 0.455. The summed E-state index contributed by atoms with van der Waals surface area (Å²) in [5, 5.41) is 0.633. The number of halogens is 1. The maximum Gasteiger partial charge on any atom is 0.238 e. The van der Waals surface area contributed by atoms with Crippen molar-refractivity contribution < 1.29 is 4.74 Å². The summed E-state index contributed by atoms with van der Waals surface area (Å²) in [6, 6.07) is 14.8. The van der Waals surface area contributed by atoms with E-state index in [2.05, 4.69) is 9.97 Å². The van der Waals surface area contributed by atoms with Crippen molar-refractivity contribution in [3.05, 3.63) is 59.8 Å². The van der Waals surface area contributed by atoms with E-state index >= 15 is 0 Å². The van der Waals surface area contributed by atoms with E-state index in [1.165, 1.54) is 0 Å². The average Bonchev–Trinajstić information content (AvgIpc) is 2.39. The first kappa shape index (κ1) is 11.0. The van der Waals surface area contributed by atoms with E-state index in [1.807, 2.05) is 36.4 Å². The molecule has 0 unspecified atom stereocenters. The molecule has 0 bridgehead atoms. The number of ether oxygens (including phenoxy) is 1. The van der Waals surface area contributed by atoms with Gasteiger partial charge in [-0.25, -0.2) is 9.97 Å². The molecule has 0 N–H and O–H groups in total. The molecular weight excluding hydrogens is 248 g/mol. The first-order valence-corrected chi connectivity index (χ1v) is 5.84. The van der Waals surface area contributed by atoms with Crippen molar-refractivity contribution in [2.45, 2.75) is 0 Å². The van der Waals surface area contributed by atoms with Crippen LogP contribution in [0.15, 0.2) is 54.7 Å². The maximum atomic E-state index is 5.92. The Bertz CT molecular complexity index is 686. The van der Waals surface area contributed by atoms with Gasteiger partial charge in [-0.1, -0.05) is 29.8 Å². The van der Waals surface area contributed by atoms with Crippen LogP contribution in [0.25, 0.3) is 11.0 Å². The molecule has 0 aliphatic heterocycles. The fourth-order valence-electron chi connectivity index (χ4n) is 1.63. The van der Waals surface area contributed by atoms with E-state index in [9.17, 15) is 0 Å². The number of fused-ring (bicyclic) bond motifs is 1. The highest BCUT2D eigenvalue weighted by Crippen LogP contribution is 2.22. The highest BCUT2D eigenvalue weighted by Gasteiger charge is 2.02. The van der Waals surface area contributed by atoms with Gasteiger partial charge in [-0.05, 0) is 30.3 Å². The van der Waals surface area contributed by atoms with Crippen LogP contribution < -0.4 is 4.74 Å². The molecule has 1 aromatic heterocycles. The predicted octanol–water partition coefficient (Wildman–Crippen LogP) is 4.08. The van der Waals surface area contributed by atoms with Crippen molar-refractivity contribution in [1.29, 1.82) is 0 Å². The zero-order valence-electron chi connectivity index (χ0n) is 9.38. The Morgan fingerprint density at radius 2 is 1.78 bits per heavy atom. The minimum Gasteiger partial charge on any atom is -0.437 e. The monoisotopic (exact) mass is 256 g/mol. The third-order valence-electron chi connectivity index (χ3n) is 2.45. The van der Waals surface area contributed by atoms with E-state index in [0.29, 0.717) is 10.9 Å². The first-order valence-electron chi connectivity index (χ1n) is 5.46. The molecule has 2 aromatic carbocycles. The Hall–Kier alpha value is -2.13. The number of benzene rings is 2. The summed E-state index contributed by atoms with van der Waals surface area (Å²) >= 11 is 5.92. The molecule has 88 valence electrons. The molecule has 0 aliphatic carbocycles. The summed E-state index contributed by atoms with van der Waals surface area (Å²) in [5.74, 6) is 1.18. The van der Waals surface area contributed by atoms with E-state index in [0.717, 1.165) is 16.8 Å². The van der Waals surface area contributed by atoms with Crippen molar-refractivity contribution in [3.8, 4) is 11.6 Å². The van der Waals surface area contributed by atoms with Gasteiger partial charge in [0, 0.05) is 5.02 Å². The Labute approximate surface area is 109 Å². The van der Waals surface area contributed by atoms with Gasteiger partial charge in [0.05, 0.1) is 17.2 Å². The van der Waals surface area contributed by atoms with Crippen LogP contribution >= 0.6 is 11.6 Å². The van der Waals surface area contributed by atoms with Crippen LogP contribution in [0.4, 0.5) is 0 Å². The minimum atomic E-state index is 0.455. The van der Waals surface area contributed by atoms with Gasteiger partial charge in [-0.3, -0.25) is 0 Å². The van der Waals surface area contributed by atoms with E-state index in [4.69, 9.17) is 16.3 Å². The van der Waals surface area contributed by atoms with Gasteiger partial charge >= 0.3 is 0 Å². The molecule has 0 saturated heterocycles. The molecule has 0 saturated carbocycles. The third-order valence-corrected chi connectivity index (χ3v) is 2.68. The quantitative estimate of drug-likeness (QED) is 0.693. The zero-order valence-corrected chi connectivity index (χ0v) is 10.1. The third kappa shape index (κ3) is 2.26. The zero-order chi connectivity index (χ0) is 12.4. The first-order chi connectivity index (χ1) is 8.81. The molecule has 0 radical (unpaired) electrons. The Morgan fingerprint density at radius 3 is 2.61 bits per heavy atom. The van der Waals surface area contributed by atoms with Gasteiger partial charge in [-0.2, -0.15) is 0 Å². The number of nitrogens with zero attached hydrogens (tertiary/aromatic N) is 2. The molecule has 0 aliphatic rings. The topological polar surface area (TPSA) is 35.0 Å². The van der Waals surface area contributed by atoms with Gasteiger partial charge in [0.25, 0.3) is 0 Å². The molecule has 3 aromatic rings. The lowest BCUT2D eigenvalue weighted by atomic mass is 10.3. The van der Waals surface area contributed by atoms with E-state index in [1.54, 1.807) is 18.3 Å². The van der Waals surface area contributed by atoms with E-state index < -0.39 is 0 Å². The molecule has 0 amide bonds. The maximum absolute atomic E-state index is 5.92. The molecule has 4 heteroatoms. The number of hydrogen-bond donors (Lipinski definition) is 0. The van der Waals surface area contributed by atoms with Gasteiger partial charge in [0.2, 0.25) is 5.88 Å². The number of aromatic nitrogens is 2. The van der Waals surface area contributed by atoms with Gasteiger partial charge in [0.1, 0.15) is 5.75 Å². The lowest BCUT2D eigenvalue weighted by Crippen LogP contribution is -1.90. The summed E-state index contributed by atoms with van der Waals surface area (Å²) in [4.78, 5) is 8.63. The fourth-order valence-corrected chi connectivity index (χ4v) is 1.79. The van der Waals surface area contributed by atoms with Crippen molar-refractivity contribution in [2.24, 2.45) is 0 Å². The summed E-state index contributed by atoms with van der Waals surface area (Å²) in [5.41, 5.74) is 1.51. The molecule has 0 spiro atoms. The van der Waals surface area contributed by atoms with Gasteiger partial charge in [0.15, 0.2) is 0 Å². The number of hydrogen-bond acceptors (Lipinski definition) is 3. The largest absolute Gasteiger partial charge is 0.437 e. The van der Waals surface area contributed by atoms with Crippen molar-refractivity contribution in [1.82, 2.24) is 9.97 Å². The molecule has 18 heavy (non-hydrogen) atoms. The van der Waals surface area contributed by atoms with Crippen LogP contribution in [0.3, 0.4) is 0 Å². The lowest BCUT2D eigenvalue weighted by molar-refractivity contribution is 0.463. The summed E-state index contributed by atoms with van der Waals surface area (Å²) < 4.78 is 5.61. The normalized spacial score (nSPS) is 10.5. The molecule has 0 fully saturated rings. The lowest BCUT2D eigenvalue weighted by Gasteiger charge is -2.04. The Morgan fingerprint density at radius 1 is 0.944 bits per heavy atom. The van der Waals surface area contributed by atoms with Gasteiger partial charge < -0.3 is 4.74 Å². The van der Waals surface area contributed by atoms with Crippen LogP contribution in [0.2, 0.25) is 5.02 Å². The molecule has 3 rings (SSSR count). The second-order valence-electron chi connectivity index (χ2n) is 3.76. The van der Waals surface area contributed by atoms with Crippen molar-refractivity contribution >= 4 is 22.6 Å². The summed E-state index contributed by atoms with van der Waals surface area (Å²) in [6.45, 7) is 0. The van der Waals surface area contributed by atoms with Crippen LogP contribution in [0.5, 0.6) is 11.6 Å². The predicted molar refractivity (Wildman–Crippen MR) is 71.1 cm³/mol. The highest BCUT2D eigenvalue weighted by molar-refractivity contribution is 6.31. The standard InChI is InChI=1S/C14H9ClN2O/c15-10-6-7-12-13(8-10)17-14(9-16-12)18-11-4-2-1-3-5-11/h1-9H. The fraction of sp³-hybridized carbons (Fsp3) is 0. The Balaban J connectivity index is 1.98. The average molecular weight is 257 g/mol. The van der Waals surface area contributed by atoms with Crippen LogP contribution in [0, 0.1) is 0 Å². The Kier molecular flexibility index (Phi) is 2.82. The van der Waals surface area contributed by atoms with E-state index in [-0.39, 0.29) is 0 Å². The summed E-state index contributed by atoms with van der Waals surface area (Å²) in [6.07, 6.45) is 1.60. The van der Waals surface area contributed by atoms with Gasteiger partial charge in [-0.15, -0.1) is 0 Å². The number of para-hydroxylation sites is 1. The molecule has 0 atom stereocenters. The summed E-state index contributed by atoms with van der Waals surface area (Å²) in [7, 11) is 0. The smallest absolute Gasteiger partial charge is 0.238 e. The second-order valence-corrected chi connectivity index (χ2v) is 4.19.